The van der Waals surface area contributed by atoms with Gasteiger partial charge in [0.2, 0.25) is 5.75 Å². The number of hydrogen-bond acceptors (Lipinski definition) is 8. The molecule has 0 saturated carbocycles. The van der Waals surface area contributed by atoms with Crippen molar-refractivity contribution < 1.29 is 33.3 Å². The van der Waals surface area contributed by atoms with Gasteiger partial charge in [-0.2, -0.15) is 0 Å². The van der Waals surface area contributed by atoms with Gasteiger partial charge in [0.05, 0.1) is 63.6 Å². The van der Waals surface area contributed by atoms with Crippen LogP contribution in [-0.2, 0) is 9.47 Å². The lowest BCUT2D eigenvalue weighted by Crippen LogP contribution is -2.16. The number of nitrogens with zero attached hydrogens (tertiary/aromatic N) is 1. The fourth-order valence-electron chi connectivity index (χ4n) is 2.97. The Morgan fingerprint density at radius 1 is 0.767 bits per heavy atom. The van der Waals surface area contributed by atoms with Crippen LogP contribution in [0.3, 0.4) is 0 Å². The Morgan fingerprint density at radius 3 is 1.60 bits per heavy atom. The predicted octanol–water partition coefficient (Wildman–Crippen LogP) is 2.70. The Balaban J connectivity index is 2.80. The van der Waals surface area contributed by atoms with E-state index in [2.05, 4.69) is 16.8 Å². The second kappa shape index (κ2) is 9.65. The van der Waals surface area contributed by atoms with E-state index in [1.54, 1.807) is 26.0 Å². The van der Waals surface area contributed by atoms with Crippen molar-refractivity contribution in [3.63, 3.8) is 0 Å². The Morgan fingerprint density at radius 2 is 1.23 bits per heavy atom. The third kappa shape index (κ3) is 4.30. The first kappa shape index (κ1) is 22.6. The van der Waals surface area contributed by atoms with Gasteiger partial charge < -0.3 is 23.7 Å². The molecule has 30 heavy (non-hydrogen) atoms. The number of esters is 2. The lowest BCUT2D eigenvalue weighted by Gasteiger charge is -2.13. The average Bonchev–Trinajstić information content (AvgIpc) is 2.75. The zero-order valence-electron chi connectivity index (χ0n) is 18.0. The number of rotatable bonds is 5. The van der Waals surface area contributed by atoms with Gasteiger partial charge in [-0.25, -0.2) is 9.59 Å². The first-order chi connectivity index (χ1) is 14.3. The van der Waals surface area contributed by atoms with Gasteiger partial charge in [0, 0.05) is 5.56 Å². The number of hydrogen-bond donors (Lipinski definition) is 0. The first-order valence-corrected chi connectivity index (χ1v) is 8.82. The van der Waals surface area contributed by atoms with E-state index in [9.17, 15) is 9.59 Å². The summed E-state index contributed by atoms with van der Waals surface area (Å²) < 4.78 is 25.7. The summed E-state index contributed by atoms with van der Waals surface area (Å²) in [6.45, 7) is 3.29. The monoisotopic (exact) mass is 413 g/mol. The summed E-state index contributed by atoms with van der Waals surface area (Å²) in [7, 11) is 6.98. The molecule has 0 aliphatic heterocycles. The number of pyridine rings is 1. The fraction of sp³-hybridized carbons (Fsp3) is 0.318. The maximum Gasteiger partial charge on any atom is 0.341 e. The molecule has 0 bridgehead atoms. The Bertz CT molecular complexity index is 982. The van der Waals surface area contributed by atoms with E-state index in [0.717, 1.165) is 0 Å². The van der Waals surface area contributed by atoms with E-state index in [4.69, 9.17) is 23.7 Å². The molecular formula is C22H23NO7. The molecule has 2 aromatic rings. The summed E-state index contributed by atoms with van der Waals surface area (Å²) in [6, 6.07) is 3.32. The highest BCUT2D eigenvalue weighted by molar-refractivity contribution is 6.01. The van der Waals surface area contributed by atoms with Crippen molar-refractivity contribution in [3.05, 3.63) is 45.8 Å². The summed E-state index contributed by atoms with van der Waals surface area (Å²) in [6.07, 6.45) is 0. The van der Waals surface area contributed by atoms with Crippen LogP contribution in [0.15, 0.2) is 12.1 Å². The molecule has 1 heterocycles. The van der Waals surface area contributed by atoms with Crippen molar-refractivity contribution in [1.29, 1.82) is 0 Å². The van der Waals surface area contributed by atoms with Gasteiger partial charge in [0.15, 0.2) is 11.5 Å². The third-order valence-corrected chi connectivity index (χ3v) is 4.33. The minimum absolute atomic E-state index is 0.100. The van der Waals surface area contributed by atoms with Crippen LogP contribution in [0.4, 0.5) is 0 Å². The molecule has 0 unspecified atom stereocenters. The molecule has 1 aromatic carbocycles. The minimum Gasteiger partial charge on any atom is -0.493 e. The molecule has 0 spiro atoms. The molecule has 0 radical (unpaired) electrons. The zero-order valence-corrected chi connectivity index (χ0v) is 18.0. The molecular weight excluding hydrogens is 390 g/mol. The molecule has 8 nitrogen and oxygen atoms in total. The number of carbonyl (C=O) groups excluding carboxylic acids is 2. The molecule has 0 fully saturated rings. The van der Waals surface area contributed by atoms with Crippen LogP contribution in [0, 0.1) is 25.7 Å². The third-order valence-electron chi connectivity index (χ3n) is 4.33. The van der Waals surface area contributed by atoms with E-state index >= 15 is 0 Å². The summed E-state index contributed by atoms with van der Waals surface area (Å²) in [5, 5.41) is 0. The van der Waals surface area contributed by atoms with Gasteiger partial charge in [0.1, 0.15) is 0 Å². The molecule has 1 aromatic heterocycles. The van der Waals surface area contributed by atoms with Crippen LogP contribution in [0.1, 0.15) is 43.2 Å². The van der Waals surface area contributed by atoms with Crippen LogP contribution in [-0.4, -0.2) is 52.5 Å². The maximum atomic E-state index is 12.4. The van der Waals surface area contributed by atoms with Crippen LogP contribution < -0.4 is 14.2 Å². The molecule has 0 saturated heterocycles. The van der Waals surface area contributed by atoms with Gasteiger partial charge in [0.25, 0.3) is 0 Å². The van der Waals surface area contributed by atoms with E-state index in [1.165, 1.54) is 35.5 Å². The van der Waals surface area contributed by atoms with Crippen molar-refractivity contribution in [2.45, 2.75) is 13.8 Å². The molecule has 158 valence electrons. The minimum atomic E-state index is -0.653. The van der Waals surface area contributed by atoms with Crippen molar-refractivity contribution in [3.8, 4) is 29.1 Å². The smallest absolute Gasteiger partial charge is 0.341 e. The van der Waals surface area contributed by atoms with Gasteiger partial charge in [-0.3, -0.25) is 4.98 Å². The topological polar surface area (TPSA) is 93.2 Å². The highest BCUT2D eigenvalue weighted by Crippen LogP contribution is 2.38. The van der Waals surface area contributed by atoms with Gasteiger partial charge in [-0.1, -0.05) is 11.8 Å². The molecule has 0 aliphatic carbocycles. The lowest BCUT2D eigenvalue weighted by molar-refractivity contribution is 0.0596. The molecule has 0 atom stereocenters. The standard InChI is InChI=1S/C22H23NO7/c1-12-18(21(24)29-6)15(19(13(2)23-12)22(25)30-7)9-8-14-10-16(26-3)20(28-5)17(11-14)27-4/h10-11H,1-7H3. The van der Waals surface area contributed by atoms with Crippen molar-refractivity contribution in [2.75, 3.05) is 35.5 Å². The second-order valence-electron chi connectivity index (χ2n) is 6.05. The summed E-state index contributed by atoms with van der Waals surface area (Å²) >= 11 is 0. The quantitative estimate of drug-likeness (QED) is 0.546. The van der Waals surface area contributed by atoms with E-state index in [-0.39, 0.29) is 16.7 Å². The Labute approximate surface area is 175 Å². The number of ether oxygens (including phenoxy) is 5. The van der Waals surface area contributed by atoms with Crippen LogP contribution >= 0.6 is 0 Å². The van der Waals surface area contributed by atoms with Crippen molar-refractivity contribution in [2.24, 2.45) is 0 Å². The maximum absolute atomic E-state index is 12.4. The summed E-state index contributed by atoms with van der Waals surface area (Å²) in [5.74, 6) is 5.81. The molecule has 0 amide bonds. The van der Waals surface area contributed by atoms with Crippen LogP contribution in [0.5, 0.6) is 17.2 Å². The number of aryl methyl sites for hydroxylation is 2. The predicted molar refractivity (Wildman–Crippen MR) is 108 cm³/mol. The van der Waals surface area contributed by atoms with Crippen molar-refractivity contribution in [1.82, 2.24) is 4.98 Å². The molecule has 8 heteroatoms. The normalized spacial score (nSPS) is 9.83. The van der Waals surface area contributed by atoms with Gasteiger partial charge in [-0.15, -0.1) is 0 Å². The Kier molecular flexibility index (Phi) is 7.26. The van der Waals surface area contributed by atoms with Crippen molar-refractivity contribution >= 4 is 11.9 Å². The summed E-state index contributed by atoms with van der Waals surface area (Å²) in [5.41, 5.74) is 1.67. The summed E-state index contributed by atoms with van der Waals surface area (Å²) in [4.78, 5) is 29.1. The van der Waals surface area contributed by atoms with E-state index in [0.29, 0.717) is 34.2 Å². The lowest BCUT2D eigenvalue weighted by atomic mass is 9.98. The highest BCUT2D eigenvalue weighted by Gasteiger charge is 2.25. The number of benzene rings is 1. The number of aromatic nitrogens is 1. The molecule has 0 N–H and O–H groups in total. The fourth-order valence-corrected chi connectivity index (χ4v) is 2.97. The number of methoxy groups -OCH3 is 5. The SMILES string of the molecule is COC(=O)c1c(C)nc(C)c(C(=O)OC)c1C#Cc1cc(OC)c(OC)c(OC)c1. The van der Waals surface area contributed by atoms with E-state index < -0.39 is 11.9 Å². The van der Waals surface area contributed by atoms with E-state index in [1.807, 2.05) is 0 Å². The zero-order chi connectivity index (χ0) is 22.4. The first-order valence-electron chi connectivity index (χ1n) is 8.82. The van der Waals surface area contributed by atoms with Crippen LogP contribution in [0.25, 0.3) is 0 Å². The van der Waals surface area contributed by atoms with Crippen LogP contribution in [0.2, 0.25) is 0 Å². The highest BCUT2D eigenvalue weighted by atomic mass is 16.5. The largest absolute Gasteiger partial charge is 0.493 e. The van der Waals surface area contributed by atoms with Gasteiger partial charge in [-0.05, 0) is 26.0 Å². The number of carbonyl (C=O) groups is 2. The molecule has 0 aliphatic rings. The van der Waals surface area contributed by atoms with Gasteiger partial charge >= 0.3 is 11.9 Å². The average molecular weight is 413 g/mol. The molecule has 2 rings (SSSR count). The second-order valence-corrected chi connectivity index (χ2v) is 6.05. The Hall–Kier alpha value is -3.73.